The van der Waals surface area contributed by atoms with Gasteiger partial charge in [-0.25, -0.2) is 4.98 Å². The summed E-state index contributed by atoms with van der Waals surface area (Å²) in [5.74, 6) is 0.334. The van der Waals surface area contributed by atoms with Gasteiger partial charge in [0.15, 0.2) is 5.13 Å². The summed E-state index contributed by atoms with van der Waals surface area (Å²) in [6.07, 6.45) is 2.59. The van der Waals surface area contributed by atoms with Gasteiger partial charge in [0.25, 0.3) is 11.8 Å². The van der Waals surface area contributed by atoms with Gasteiger partial charge in [-0.1, -0.05) is 12.1 Å². The quantitative estimate of drug-likeness (QED) is 0.533. The van der Waals surface area contributed by atoms with Crippen molar-refractivity contribution in [3.05, 3.63) is 75.3 Å². The predicted octanol–water partition coefficient (Wildman–Crippen LogP) is 3.46. The Balaban J connectivity index is 1.38. The fourth-order valence-corrected chi connectivity index (χ4v) is 4.85. The molecule has 0 bridgehead atoms. The van der Waals surface area contributed by atoms with Crippen LogP contribution in [0.15, 0.2) is 42.5 Å². The molecule has 4 N–H and O–H groups in total. The molecule has 0 radical (unpaired) electrons. The Labute approximate surface area is 191 Å². The minimum absolute atomic E-state index is 0.167. The van der Waals surface area contributed by atoms with E-state index in [1.54, 1.807) is 43.5 Å². The van der Waals surface area contributed by atoms with Gasteiger partial charge in [0.1, 0.15) is 5.75 Å². The van der Waals surface area contributed by atoms with Gasteiger partial charge < -0.3 is 15.8 Å². The summed E-state index contributed by atoms with van der Waals surface area (Å²) in [6.45, 7) is 2.21. The SMILES string of the molecule is COc1ccc(C(=O)NCc2cccc(C(=O)Nc3nc4c(s3)C[C@H](N)CC4)c2)cc1C. The summed E-state index contributed by atoms with van der Waals surface area (Å²) < 4.78 is 5.24. The Bertz CT molecular complexity index is 1160. The highest BCUT2D eigenvalue weighted by molar-refractivity contribution is 7.15. The van der Waals surface area contributed by atoms with Crippen molar-refractivity contribution in [2.75, 3.05) is 12.4 Å². The fourth-order valence-electron chi connectivity index (χ4n) is 3.75. The molecule has 2 aromatic carbocycles. The molecule has 1 heterocycles. The van der Waals surface area contributed by atoms with E-state index in [0.29, 0.717) is 22.8 Å². The third kappa shape index (κ3) is 4.98. The monoisotopic (exact) mass is 450 g/mol. The van der Waals surface area contributed by atoms with Crippen molar-refractivity contribution in [1.29, 1.82) is 0 Å². The maximum absolute atomic E-state index is 12.7. The second-order valence-corrected chi connectivity index (χ2v) is 9.00. The van der Waals surface area contributed by atoms with Crippen molar-refractivity contribution >= 4 is 28.3 Å². The lowest BCUT2D eigenvalue weighted by Crippen LogP contribution is -2.27. The number of nitrogens with zero attached hydrogens (tertiary/aromatic N) is 1. The summed E-state index contributed by atoms with van der Waals surface area (Å²) in [5.41, 5.74) is 9.87. The smallest absolute Gasteiger partial charge is 0.257 e. The van der Waals surface area contributed by atoms with Gasteiger partial charge >= 0.3 is 0 Å². The van der Waals surface area contributed by atoms with Crippen molar-refractivity contribution in [2.45, 2.75) is 38.8 Å². The summed E-state index contributed by atoms with van der Waals surface area (Å²) in [7, 11) is 1.60. The summed E-state index contributed by atoms with van der Waals surface area (Å²) in [6, 6.07) is 12.7. The van der Waals surface area contributed by atoms with Gasteiger partial charge in [-0.05, 0) is 67.6 Å². The van der Waals surface area contributed by atoms with Crippen molar-refractivity contribution in [2.24, 2.45) is 5.73 Å². The van der Waals surface area contributed by atoms with E-state index in [1.807, 2.05) is 13.0 Å². The Morgan fingerprint density at radius 2 is 2.00 bits per heavy atom. The normalized spacial score (nSPS) is 15.0. The van der Waals surface area contributed by atoms with Crippen LogP contribution in [-0.4, -0.2) is 29.9 Å². The largest absolute Gasteiger partial charge is 0.496 e. The first-order valence-corrected chi connectivity index (χ1v) is 11.3. The Morgan fingerprint density at radius 3 is 2.78 bits per heavy atom. The Kier molecular flexibility index (Phi) is 6.53. The highest BCUT2D eigenvalue weighted by atomic mass is 32.1. The minimum atomic E-state index is -0.223. The number of anilines is 1. The molecule has 8 heteroatoms. The number of fused-ring (bicyclic) bond motifs is 1. The number of rotatable bonds is 6. The van der Waals surface area contributed by atoms with Gasteiger partial charge in [-0.15, -0.1) is 11.3 Å². The molecule has 32 heavy (non-hydrogen) atoms. The minimum Gasteiger partial charge on any atom is -0.496 e. The maximum Gasteiger partial charge on any atom is 0.257 e. The lowest BCUT2D eigenvalue weighted by atomic mass is 9.99. The van der Waals surface area contributed by atoms with Crippen LogP contribution in [0.4, 0.5) is 5.13 Å². The molecular weight excluding hydrogens is 424 g/mol. The topological polar surface area (TPSA) is 106 Å². The van der Waals surface area contributed by atoms with Gasteiger partial charge in [-0.3, -0.25) is 14.9 Å². The first-order chi connectivity index (χ1) is 15.4. The molecule has 1 aromatic heterocycles. The molecule has 3 aromatic rings. The molecule has 4 rings (SSSR count). The lowest BCUT2D eigenvalue weighted by molar-refractivity contribution is 0.0950. The van der Waals surface area contributed by atoms with E-state index in [9.17, 15) is 9.59 Å². The van der Waals surface area contributed by atoms with Gasteiger partial charge in [0.2, 0.25) is 0 Å². The molecule has 0 unspecified atom stereocenters. The molecule has 0 spiro atoms. The number of carbonyl (C=O) groups is 2. The second kappa shape index (κ2) is 9.50. The number of nitrogens with two attached hydrogens (primary N) is 1. The number of amides is 2. The number of hydrogen-bond donors (Lipinski definition) is 3. The van der Waals surface area contributed by atoms with Crippen LogP contribution in [0.2, 0.25) is 0 Å². The highest BCUT2D eigenvalue weighted by Gasteiger charge is 2.21. The van der Waals surface area contributed by atoms with Crippen LogP contribution in [0.1, 0.15) is 48.8 Å². The molecule has 1 aliphatic carbocycles. The Hall–Kier alpha value is -3.23. The van der Waals surface area contributed by atoms with Crippen LogP contribution in [0.5, 0.6) is 5.75 Å². The van der Waals surface area contributed by atoms with Gasteiger partial charge in [-0.2, -0.15) is 0 Å². The summed E-state index contributed by atoms with van der Waals surface area (Å²) in [4.78, 5) is 30.9. The molecule has 0 saturated carbocycles. The third-order valence-corrected chi connectivity index (χ3v) is 6.53. The van der Waals surface area contributed by atoms with Crippen molar-refractivity contribution in [1.82, 2.24) is 10.3 Å². The van der Waals surface area contributed by atoms with E-state index in [2.05, 4.69) is 15.6 Å². The molecule has 1 aliphatic rings. The van der Waals surface area contributed by atoms with Crippen molar-refractivity contribution in [3.8, 4) is 5.75 Å². The van der Waals surface area contributed by atoms with E-state index in [-0.39, 0.29) is 17.9 Å². The van der Waals surface area contributed by atoms with Crippen molar-refractivity contribution < 1.29 is 14.3 Å². The number of hydrogen-bond acceptors (Lipinski definition) is 6. The van der Waals surface area contributed by atoms with E-state index in [0.717, 1.165) is 46.7 Å². The van der Waals surface area contributed by atoms with E-state index < -0.39 is 0 Å². The molecule has 166 valence electrons. The molecule has 2 amide bonds. The van der Waals surface area contributed by atoms with E-state index in [4.69, 9.17) is 10.5 Å². The number of benzene rings is 2. The van der Waals surface area contributed by atoms with Crippen LogP contribution in [0, 0.1) is 6.92 Å². The molecular formula is C24H26N4O3S. The standard InChI is InChI=1S/C24H26N4O3S/c1-14-10-17(6-9-20(14)31-2)22(29)26-13-15-4-3-5-16(11-15)23(30)28-24-27-19-8-7-18(25)12-21(19)32-24/h3-6,9-11,18H,7-8,12-13,25H2,1-2H3,(H,26,29)(H,27,28,30)/t18-/m1/s1. The number of thiazole rings is 1. The van der Waals surface area contributed by atoms with Crippen LogP contribution in [-0.2, 0) is 19.4 Å². The summed E-state index contributed by atoms with van der Waals surface area (Å²) in [5, 5.41) is 6.39. The molecule has 7 nitrogen and oxygen atoms in total. The van der Waals surface area contributed by atoms with Gasteiger partial charge in [0.05, 0.1) is 12.8 Å². The molecule has 1 atom stereocenters. The van der Waals surface area contributed by atoms with Gasteiger partial charge in [0, 0.05) is 28.6 Å². The van der Waals surface area contributed by atoms with E-state index >= 15 is 0 Å². The molecule has 0 fully saturated rings. The van der Waals surface area contributed by atoms with Crippen LogP contribution in [0.25, 0.3) is 0 Å². The van der Waals surface area contributed by atoms with Crippen molar-refractivity contribution in [3.63, 3.8) is 0 Å². The number of ether oxygens (including phenoxy) is 1. The average molecular weight is 451 g/mol. The highest BCUT2D eigenvalue weighted by Crippen LogP contribution is 2.29. The van der Waals surface area contributed by atoms with Crippen LogP contribution < -0.4 is 21.1 Å². The number of aryl methyl sites for hydroxylation is 2. The lowest BCUT2D eigenvalue weighted by Gasteiger charge is -2.15. The van der Waals surface area contributed by atoms with Crippen LogP contribution >= 0.6 is 11.3 Å². The number of nitrogens with one attached hydrogen (secondary N) is 2. The van der Waals surface area contributed by atoms with Crippen LogP contribution in [0.3, 0.4) is 0 Å². The first-order valence-electron chi connectivity index (χ1n) is 10.5. The zero-order valence-electron chi connectivity index (χ0n) is 18.1. The fraction of sp³-hybridized carbons (Fsp3) is 0.292. The zero-order valence-corrected chi connectivity index (χ0v) is 18.9. The number of carbonyl (C=O) groups excluding carboxylic acids is 2. The zero-order chi connectivity index (χ0) is 22.7. The third-order valence-electron chi connectivity index (χ3n) is 5.50. The number of methoxy groups -OCH3 is 1. The predicted molar refractivity (Wildman–Crippen MR) is 125 cm³/mol. The number of aromatic nitrogens is 1. The second-order valence-electron chi connectivity index (χ2n) is 7.91. The Morgan fingerprint density at radius 1 is 1.19 bits per heavy atom. The first kappa shape index (κ1) is 22.0. The molecule has 0 aliphatic heterocycles. The van der Waals surface area contributed by atoms with E-state index in [1.165, 1.54) is 11.3 Å². The molecule has 0 saturated heterocycles. The maximum atomic E-state index is 12.7. The summed E-state index contributed by atoms with van der Waals surface area (Å²) >= 11 is 1.49. The average Bonchev–Trinajstić information content (AvgIpc) is 3.18.